The number of nitrogens with zero attached hydrogens (tertiary/aromatic N) is 2. The molecule has 0 unspecified atom stereocenters. The van der Waals surface area contributed by atoms with E-state index in [1.807, 2.05) is 6.19 Å². The average Bonchev–Trinajstić information content (AvgIpc) is 1.83. The first-order chi connectivity index (χ1) is 3.81. The second-order valence-electron chi connectivity index (χ2n) is 1.38. The van der Waals surface area contributed by atoms with Crippen molar-refractivity contribution >= 4 is 0 Å². The lowest BCUT2D eigenvalue weighted by molar-refractivity contribution is 0.538. The Morgan fingerprint density at radius 1 is 1.62 bits per heavy atom. The third-order valence-corrected chi connectivity index (χ3v) is 0.664. The second-order valence-corrected chi connectivity index (χ2v) is 1.38. The van der Waals surface area contributed by atoms with E-state index >= 15 is 0 Å². The molecule has 8 heavy (non-hydrogen) atoms. The summed E-state index contributed by atoms with van der Waals surface area (Å²) in [7, 11) is 1.70. The van der Waals surface area contributed by atoms with Gasteiger partial charge in [-0.05, 0) is 6.92 Å². The van der Waals surface area contributed by atoms with Gasteiger partial charge in [-0.2, -0.15) is 5.26 Å². The van der Waals surface area contributed by atoms with Crippen LogP contribution in [0.3, 0.4) is 0 Å². The van der Waals surface area contributed by atoms with Crippen LogP contribution in [0.25, 0.3) is 0 Å². The van der Waals surface area contributed by atoms with E-state index in [4.69, 9.17) is 5.26 Å². The highest BCUT2D eigenvalue weighted by molar-refractivity contribution is 4.98. The molecule has 0 heterocycles. The molecule has 0 aromatic heterocycles. The Hall–Kier alpha value is -1.15. The Morgan fingerprint density at radius 2 is 2.25 bits per heavy atom. The summed E-state index contributed by atoms with van der Waals surface area (Å²) in [5.74, 6) is 5.44. The Labute approximate surface area is 49.7 Å². The van der Waals surface area contributed by atoms with Crippen LogP contribution in [0, 0.1) is 23.3 Å². The highest BCUT2D eigenvalue weighted by atomic mass is 15.1. The van der Waals surface area contributed by atoms with Crippen molar-refractivity contribution in [1.82, 2.24) is 4.90 Å². The lowest BCUT2D eigenvalue weighted by atomic mass is 10.6. The molecule has 2 nitrogen and oxygen atoms in total. The van der Waals surface area contributed by atoms with Crippen molar-refractivity contribution in [3.8, 4) is 18.0 Å². The van der Waals surface area contributed by atoms with Crippen molar-refractivity contribution in [2.75, 3.05) is 13.6 Å². The van der Waals surface area contributed by atoms with Crippen LogP contribution in [0.2, 0.25) is 0 Å². The number of rotatable bonds is 1. The maximum Gasteiger partial charge on any atom is 0.179 e. The molecule has 0 aliphatic carbocycles. The van der Waals surface area contributed by atoms with Crippen LogP contribution in [0.15, 0.2) is 0 Å². The van der Waals surface area contributed by atoms with Crippen LogP contribution >= 0.6 is 0 Å². The molecule has 0 aromatic rings. The molecule has 0 saturated heterocycles. The Kier molecular flexibility index (Phi) is 3.44. The van der Waals surface area contributed by atoms with Crippen molar-refractivity contribution in [1.29, 1.82) is 5.26 Å². The smallest absolute Gasteiger partial charge is 0.179 e. The SMILES string of the molecule is CC#CCN(C)C#N. The topological polar surface area (TPSA) is 27.0 Å². The third-order valence-electron chi connectivity index (χ3n) is 0.664. The first kappa shape index (κ1) is 6.85. The van der Waals surface area contributed by atoms with E-state index in [2.05, 4.69) is 11.8 Å². The van der Waals surface area contributed by atoms with E-state index in [9.17, 15) is 0 Å². The summed E-state index contributed by atoms with van der Waals surface area (Å²) in [5.41, 5.74) is 0. The molecule has 0 spiro atoms. The highest BCUT2D eigenvalue weighted by Crippen LogP contribution is 1.71. The minimum atomic E-state index is 0.535. The Bertz CT molecular complexity index is 144. The van der Waals surface area contributed by atoms with Gasteiger partial charge < -0.3 is 4.90 Å². The van der Waals surface area contributed by atoms with Gasteiger partial charge in [0.15, 0.2) is 6.19 Å². The summed E-state index contributed by atoms with van der Waals surface area (Å²) in [6, 6.07) is 0. The summed E-state index contributed by atoms with van der Waals surface area (Å²) in [4.78, 5) is 1.47. The van der Waals surface area contributed by atoms with Gasteiger partial charge in [-0.25, -0.2) is 0 Å². The van der Waals surface area contributed by atoms with Crippen molar-refractivity contribution in [3.05, 3.63) is 0 Å². The molecule has 0 atom stereocenters. The van der Waals surface area contributed by atoms with E-state index in [0.29, 0.717) is 6.54 Å². The van der Waals surface area contributed by atoms with Gasteiger partial charge >= 0.3 is 0 Å². The van der Waals surface area contributed by atoms with E-state index < -0.39 is 0 Å². The van der Waals surface area contributed by atoms with E-state index in [0.717, 1.165) is 0 Å². The fraction of sp³-hybridized carbons (Fsp3) is 0.500. The van der Waals surface area contributed by atoms with E-state index in [1.54, 1.807) is 14.0 Å². The minimum Gasteiger partial charge on any atom is -0.302 e. The first-order valence-corrected chi connectivity index (χ1v) is 2.31. The standard InChI is InChI=1S/C6H8N2/c1-3-4-5-8(2)6-7/h5H2,1-2H3. The maximum atomic E-state index is 8.17. The first-order valence-electron chi connectivity index (χ1n) is 2.31. The van der Waals surface area contributed by atoms with Crippen LogP contribution in [0.4, 0.5) is 0 Å². The van der Waals surface area contributed by atoms with Crippen LogP contribution in [0.5, 0.6) is 0 Å². The largest absolute Gasteiger partial charge is 0.302 e. The van der Waals surface area contributed by atoms with Gasteiger partial charge in [0.2, 0.25) is 0 Å². The summed E-state index contributed by atoms with van der Waals surface area (Å²) in [6.45, 7) is 2.29. The van der Waals surface area contributed by atoms with E-state index in [1.165, 1.54) is 4.90 Å². The van der Waals surface area contributed by atoms with Crippen LogP contribution in [-0.2, 0) is 0 Å². The lowest BCUT2D eigenvalue weighted by Gasteiger charge is -1.98. The normalized spacial score (nSPS) is 6.12. The number of hydrogen-bond donors (Lipinski definition) is 0. The molecule has 0 saturated carbocycles. The fourth-order valence-corrected chi connectivity index (χ4v) is 0.233. The number of nitriles is 1. The van der Waals surface area contributed by atoms with E-state index in [-0.39, 0.29) is 0 Å². The quantitative estimate of drug-likeness (QED) is 0.276. The molecule has 0 aromatic carbocycles. The van der Waals surface area contributed by atoms with Crippen LogP contribution in [0.1, 0.15) is 6.92 Å². The zero-order chi connectivity index (χ0) is 6.41. The molecule has 0 bridgehead atoms. The molecule has 2 heteroatoms. The minimum absolute atomic E-state index is 0.535. The summed E-state index contributed by atoms with van der Waals surface area (Å²) in [6.07, 6.45) is 1.93. The Balaban J connectivity index is 3.38. The van der Waals surface area contributed by atoms with Gasteiger partial charge in [0.1, 0.15) is 0 Å². The summed E-state index contributed by atoms with van der Waals surface area (Å²) >= 11 is 0. The number of hydrogen-bond acceptors (Lipinski definition) is 2. The van der Waals surface area contributed by atoms with Gasteiger partial charge in [-0.3, -0.25) is 0 Å². The molecule has 0 radical (unpaired) electrons. The zero-order valence-corrected chi connectivity index (χ0v) is 5.10. The van der Waals surface area contributed by atoms with Crippen LogP contribution < -0.4 is 0 Å². The zero-order valence-electron chi connectivity index (χ0n) is 5.10. The summed E-state index contributed by atoms with van der Waals surface area (Å²) < 4.78 is 0. The molecular formula is C6H8N2. The van der Waals surface area contributed by atoms with Gasteiger partial charge in [0, 0.05) is 7.05 Å². The van der Waals surface area contributed by atoms with Gasteiger partial charge in [-0.15, -0.1) is 5.92 Å². The molecule has 0 fully saturated rings. The molecule has 0 aliphatic rings. The van der Waals surface area contributed by atoms with Crippen molar-refractivity contribution in [2.45, 2.75) is 6.92 Å². The average molecular weight is 108 g/mol. The molecular weight excluding hydrogens is 100 g/mol. The van der Waals surface area contributed by atoms with Crippen molar-refractivity contribution in [3.63, 3.8) is 0 Å². The fourth-order valence-electron chi connectivity index (χ4n) is 0.233. The summed E-state index contributed by atoms with van der Waals surface area (Å²) in [5, 5.41) is 8.17. The molecule has 0 N–H and O–H groups in total. The molecule has 0 amide bonds. The predicted molar refractivity (Wildman–Crippen MR) is 31.7 cm³/mol. The molecule has 42 valence electrons. The third kappa shape index (κ3) is 3.06. The van der Waals surface area contributed by atoms with Crippen LogP contribution in [-0.4, -0.2) is 18.5 Å². The highest BCUT2D eigenvalue weighted by Gasteiger charge is 1.82. The van der Waals surface area contributed by atoms with Gasteiger partial charge in [-0.1, -0.05) is 5.92 Å². The van der Waals surface area contributed by atoms with Gasteiger partial charge in [0.05, 0.1) is 6.54 Å². The monoisotopic (exact) mass is 108 g/mol. The lowest BCUT2D eigenvalue weighted by Crippen LogP contribution is -2.09. The predicted octanol–water partition coefficient (Wildman–Crippen LogP) is 0.423. The van der Waals surface area contributed by atoms with Gasteiger partial charge in [0.25, 0.3) is 0 Å². The second kappa shape index (κ2) is 4.02. The molecule has 0 rings (SSSR count). The van der Waals surface area contributed by atoms with Crippen molar-refractivity contribution < 1.29 is 0 Å². The molecule has 0 aliphatic heterocycles. The maximum absolute atomic E-state index is 8.17. The Morgan fingerprint density at radius 3 is 2.62 bits per heavy atom. The van der Waals surface area contributed by atoms with Crippen molar-refractivity contribution in [2.24, 2.45) is 0 Å².